The van der Waals surface area contributed by atoms with Gasteiger partial charge in [-0.05, 0) is 30.7 Å². The summed E-state index contributed by atoms with van der Waals surface area (Å²) in [6.07, 6.45) is 3.25. The molecule has 0 unspecified atom stereocenters. The molecule has 3 N–H and O–H groups in total. The zero-order valence-corrected chi connectivity index (χ0v) is 9.70. The fourth-order valence-electron chi connectivity index (χ4n) is 2.24. The Bertz CT molecular complexity index is 462. The lowest BCUT2D eigenvalue weighted by Gasteiger charge is -2.03. The van der Waals surface area contributed by atoms with Crippen LogP contribution in [0.2, 0.25) is 0 Å². The molecule has 3 rings (SSSR count). The molecule has 5 heteroatoms. The first-order valence-corrected chi connectivity index (χ1v) is 6.42. The Balaban J connectivity index is 1.83. The van der Waals surface area contributed by atoms with Crippen LogP contribution in [0.5, 0.6) is 0 Å². The first-order chi connectivity index (χ1) is 7.83. The number of nitrogens with two attached hydrogens (primary N) is 1. The van der Waals surface area contributed by atoms with E-state index in [-0.39, 0.29) is 0 Å². The molecule has 0 radical (unpaired) electrons. The van der Waals surface area contributed by atoms with E-state index in [1.807, 2.05) is 17.5 Å². The van der Waals surface area contributed by atoms with Crippen LogP contribution in [0.3, 0.4) is 0 Å². The molecule has 0 amide bonds. The minimum absolute atomic E-state index is 0.334. The highest BCUT2D eigenvalue weighted by Crippen LogP contribution is 2.32. The summed E-state index contributed by atoms with van der Waals surface area (Å²) >= 11 is 1.66. The molecule has 0 saturated heterocycles. The summed E-state index contributed by atoms with van der Waals surface area (Å²) in [7, 11) is 0. The summed E-state index contributed by atoms with van der Waals surface area (Å²) in [5.41, 5.74) is 5.90. The first-order valence-electron chi connectivity index (χ1n) is 5.54. The van der Waals surface area contributed by atoms with Crippen LogP contribution in [-0.4, -0.2) is 21.2 Å². The zero-order chi connectivity index (χ0) is 11.0. The van der Waals surface area contributed by atoms with Crippen LogP contribution in [0.1, 0.15) is 31.0 Å². The molecule has 2 heterocycles. The molecule has 0 bridgehead atoms. The fraction of sp³-hybridized carbons (Fsp3) is 0.455. The summed E-state index contributed by atoms with van der Waals surface area (Å²) in [4.78, 5) is 5.67. The number of nitrogens with one attached hydrogen (secondary N) is 1. The van der Waals surface area contributed by atoms with Crippen LogP contribution < -0.4 is 5.73 Å². The second kappa shape index (κ2) is 3.99. The SMILES string of the molecule is N[C@H]1CC[C@@H](c2nc(-c3cccs3)n[nH]2)C1. The average Bonchev–Trinajstić information content (AvgIpc) is 2.97. The van der Waals surface area contributed by atoms with Gasteiger partial charge < -0.3 is 5.73 Å². The van der Waals surface area contributed by atoms with Crippen molar-refractivity contribution in [2.75, 3.05) is 0 Å². The quantitative estimate of drug-likeness (QED) is 0.836. The fourth-order valence-corrected chi connectivity index (χ4v) is 2.90. The number of aromatic nitrogens is 3. The molecule has 2 atom stereocenters. The third-order valence-electron chi connectivity index (χ3n) is 3.10. The Hall–Kier alpha value is -1.20. The minimum Gasteiger partial charge on any atom is -0.328 e. The van der Waals surface area contributed by atoms with E-state index in [0.717, 1.165) is 35.8 Å². The third-order valence-corrected chi connectivity index (χ3v) is 3.97. The van der Waals surface area contributed by atoms with Gasteiger partial charge in [-0.1, -0.05) is 6.07 Å². The topological polar surface area (TPSA) is 67.6 Å². The lowest BCUT2D eigenvalue weighted by molar-refractivity contribution is 0.645. The number of thiophene rings is 1. The van der Waals surface area contributed by atoms with Gasteiger partial charge in [0.05, 0.1) is 4.88 Å². The minimum atomic E-state index is 0.334. The summed E-state index contributed by atoms with van der Waals surface area (Å²) in [5, 5.41) is 9.35. The van der Waals surface area contributed by atoms with Crippen LogP contribution in [0.15, 0.2) is 17.5 Å². The van der Waals surface area contributed by atoms with Crippen LogP contribution >= 0.6 is 11.3 Å². The molecule has 2 aromatic heterocycles. The van der Waals surface area contributed by atoms with Gasteiger partial charge in [-0.15, -0.1) is 11.3 Å². The van der Waals surface area contributed by atoms with E-state index in [1.54, 1.807) is 11.3 Å². The van der Waals surface area contributed by atoms with Gasteiger partial charge in [-0.25, -0.2) is 4.98 Å². The Morgan fingerprint density at radius 2 is 2.38 bits per heavy atom. The van der Waals surface area contributed by atoms with E-state index in [2.05, 4.69) is 15.2 Å². The largest absolute Gasteiger partial charge is 0.328 e. The Kier molecular flexibility index (Phi) is 2.49. The maximum Gasteiger partial charge on any atom is 0.191 e. The van der Waals surface area contributed by atoms with Crippen molar-refractivity contribution >= 4 is 11.3 Å². The summed E-state index contributed by atoms with van der Waals surface area (Å²) in [6.45, 7) is 0. The molecule has 1 saturated carbocycles. The maximum absolute atomic E-state index is 5.90. The van der Waals surface area contributed by atoms with Gasteiger partial charge in [0.2, 0.25) is 0 Å². The second-order valence-electron chi connectivity index (χ2n) is 4.29. The lowest BCUT2D eigenvalue weighted by Crippen LogP contribution is -2.14. The molecule has 1 aliphatic carbocycles. The van der Waals surface area contributed by atoms with E-state index >= 15 is 0 Å². The predicted molar refractivity (Wildman–Crippen MR) is 64.3 cm³/mol. The molecule has 4 nitrogen and oxygen atoms in total. The molecule has 84 valence electrons. The van der Waals surface area contributed by atoms with Gasteiger partial charge in [0.1, 0.15) is 5.82 Å². The van der Waals surface area contributed by atoms with Crippen LogP contribution in [-0.2, 0) is 0 Å². The van der Waals surface area contributed by atoms with Gasteiger partial charge in [0.15, 0.2) is 5.82 Å². The third kappa shape index (κ3) is 1.76. The smallest absolute Gasteiger partial charge is 0.191 e. The van der Waals surface area contributed by atoms with Crippen molar-refractivity contribution in [3.63, 3.8) is 0 Å². The number of hydrogen-bond acceptors (Lipinski definition) is 4. The normalized spacial score (nSPS) is 25.1. The highest BCUT2D eigenvalue weighted by atomic mass is 32.1. The number of aromatic amines is 1. The van der Waals surface area contributed by atoms with E-state index < -0.39 is 0 Å². The number of hydrogen-bond donors (Lipinski definition) is 2. The Labute approximate surface area is 97.9 Å². The van der Waals surface area contributed by atoms with Crippen molar-refractivity contribution < 1.29 is 0 Å². The second-order valence-corrected chi connectivity index (χ2v) is 5.24. The molecular formula is C11H14N4S. The van der Waals surface area contributed by atoms with Crippen molar-refractivity contribution in [2.45, 2.75) is 31.2 Å². The number of H-pyrrole nitrogens is 1. The molecule has 0 aliphatic heterocycles. The molecule has 0 aromatic carbocycles. The molecule has 16 heavy (non-hydrogen) atoms. The van der Waals surface area contributed by atoms with Crippen LogP contribution in [0, 0.1) is 0 Å². The average molecular weight is 234 g/mol. The molecule has 0 spiro atoms. The summed E-state index contributed by atoms with van der Waals surface area (Å²) in [6, 6.07) is 4.39. The molecular weight excluding hydrogens is 220 g/mol. The van der Waals surface area contributed by atoms with Crippen molar-refractivity contribution in [1.82, 2.24) is 15.2 Å². The highest BCUT2D eigenvalue weighted by molar-refractivity contribution is 7.13. The van der Waals surface area contributed by atoms with E-state index in [1.165, 1.54) is 0 Å². The van der Waals surface area contributed by atoms with Crippen molar-refractivity contribution in [3.8, 4) is 10.7 Å². The highest BCUT2D eigenvalue weighted by Gasteiger charge is 2.26. The number of rotatable bonds is 2. The first kappa shape index (κ1) is 9.99. The zero-order valence-electron chi connectivity index (χ0n) is 8.89. The van der Waals surface area contributed by atoms with E-state index in [0.29, 0.717) is 12.0 Å². The van der Waals surface area contributed by atoms with Crippen LogP contribution in [0.4, 0.5) is 0 Å². The monoisotopic (exact) mass is 234 g/mol. The molecule has 1 fully saturated rings. The van der Waals surface area contributed by atoms with Gasteiger partial charge in [-0.3, -0.25) is 5.10 Å². The lowest BCUT2D eigenvalue weighted by atomic mass is 10.1. The van der Waals surface area contributed by atoms with Crippen molar-refractivity contribution in [2.24, 2.45) is 5.73 Å². The predicted octanol–water partition coefficient (Wildman–Crippen LogP) is 2.13. The van der Waals surface area contributed by atoms with Crippen molar-refractivity contribution in [1.29, 1.82) is 0 Å². The molecule has 2 aromatic rings. The van der Waals surface area contributed by atoms with Crippen LogP contribution in [0.25, 0.3) is 10.7 Å². The van der Waals surface area contributed by atoms with Gasteiger partial charge in [0.25, 0.3) is 0 Å². The Morgan fingerprint density at radius 3 is 3.06 bits per heavy atom. The van der Waals surface area contributed by atoms with Gasteiger partial charge >= 0.3 is 0 Å². The summed E-state index contributed by atoms with van der Waals surface area (Å²) < 4.78 is 0. The number of nitrogens with zero attached hydrogens (tertiary/aromatic N) is 2. The van der Waals surface area contributed by atoms with Gasteiger partial charge in [-0.2, -0.15) is 5.10 Å². The van der Waals surface area contributed by atoms with E-state index in [9.17, 15) is 0 Å². The Morgan fingerprint density at radius 1 is 1.44 bits per heavy atom. The summed E-state index contributed by atoms with van der Waals surface area (Å²) in [5.74, 6) is 2.28. The standard InChI is InChI=1S/C11H14N4S/c12-8-4-3-7(6-8)10-13-11(15-14-10)9-2-1-5-16-9/h1-2,5,7-8H,3-4,6,12H2,(H,13,14,15)/t7-,8+/m1/s1. The van der Waals surface area contributed by atoms with E-state index in [4.69, 9.17) is 5.73 Å². The van der Waals surface area contributed by atoms with Crippen molar-refractivity contribution in [3.05, 3.63) is 23.3 Å². The maximum atomic E-state index is 5.90. The molecule has 1 aliphatic rings. The van der Waals surface area contributed by atoms with Gasteiger partial charge in [0, 0.05) is 12.0 Å².